The zero-order valence-electron chi connectivity index (χ0n) is 7.67. The monoisotopic (exact) mass is 230 g/mol. The molecule has 0 unspecified atom stereocenters. The standard InChI is InChI=1S/C10H14O2S2/c11-9(12)7-10(13,14)6-8-4-2-1-3-5-8/h1-5,9,11-14H,6-7H2. The Hall–Kier alpha value is -0.160. The molecule has 78 valence electrons. The van der Waals surface area contributed by atoms with Crippen molar-refractivity contribution in [3.05, 3.63) is 35.9 Å². The number of aliphatic hydroxyl groups excluding tert-OH is 1. The second-order valence-corrected chi connectivity index (χ2v) is 5.39. The van der Waals surface area contributed by atoms with Crippen molar-refractivity contribution in [2.24, 2.45) is 0 Å². The van der Waals surface area contributed by atoms with E-state index < -0.39 is 10.4 Å². The Morgan fingerprint density at radius 3 is 2.21 bits per heavy atom. The van der Waals surface area contributed by atoms with E-state index in [0.29, 0.717) is 6.42 Å². The van der Waals surface area contributed by atoms with Crippen LogP contribution in [0.1, 0.15) is 12.0 Å². The summed E-state index contributed by atoms with van der Waals surface area (Å²) >= 11 is 8.56. The van der Waals surface area contributed by atoms with E-state index in [4.69, 9.17) is 10.2 Å². The van der Waals surface area contributed by atoms with Crippen LogP contribution in [0.2, 0.25) is 0 Å². The maximum atomic E-state index is 8.82. The molecule has 0 saturated carbocycles. The molecule has 2 nitrogen and oxygen atoms in total. The second-order valence-electron chi connectivity index (χ2n) is 3.33. The van der Waals surface area contributed by atoms with Gasteiger partial charge in [0.2, 0.25) is 0 Å². The maximum Gasteiger partial charge on any atom is 0.153 e. The van der Waals surface area contributed by atoms with Gasteiger partial charge in [-0.15, -0.1) is 0 Å². The highest BCUT2D eigenvalue weighted by atomic mass is 32.2. The third-order valence-electron chi connectivity index (χ3n) is 1.84. The van der Waals surface area contributed by atoms with Crippen molar-refractivity contribution < 1.29 is 10.2 Å². The summed E-state index contributed by atoms with van der Waals surface area (Å²) in [5.74, 6) is 0. The molecule has 4 heteroatoms. The lowest BCUT2D eigenvalue weighted by Crippen LogP contribution is -2.24. The molecular weight excluding hydrogens is 216 g/mol. The summed E-state index contributed by atoms with van der Waals surface area (Å²) in [6.45, 7) is 0. The van der Waals surface area contributed by atoms with Gasteiger partial charge in [-0.05, 0) is 12.0 Å². The lowest BCUT2D eigenvalue weighted by atomic mass is 10.1. The second kappa shape index (κ2) is 5.07. The molecule has 0 spiro atoms. The molecule has 0 aliphatic heterocycles. The van der Waals surface area contributed by atoms with E-state index in [0.717, 1.165) is 5.56 Å². The lowest BCUT2D eigenvalue weighted by Gasteiger charge is -2.23. The highest BCUT2D eigenvalue weighted by Crippen LogP contribution is 2.29. The van der Waals surface area contributed by atoms with E-state index in [1.807, 2.05) is 30.3 Å². The van der Waals surface area contributed by atoms with Crippen LogP contribution in [0.25, 0.3) is 0 Å². The van der Waals surface area contributed by atoms with Crippen LogP contribution in [0.15, 0.2) is 30.3 Å². The molecule has 0 atom stereocenters. The first-order chi connectivity index (χ1) is 6.49. The highest BCUT2D eigenvalue weighted by molar-refractivity contribution is 8.00. The number of hydrogen-bond donors (Lipinski definition) is 4. The molecule has 0 heterocycles. The molecule has 1 aromatic rings. The summed E-state index contributed by atoms with van der Waals surface area (Å²) < 4.78 is -0.685. The predicted octanol–water partition coefficient (Wildman–Crippen LogP) is 1.49. The molecule has 0 radical (unpaired) electrons. The van der Waals surface area contributed by atoms with Crippen molar-refractivity contribution in [2.45, 2.75) is 23.2 Å². The molecule has 1 rings (SSSR count). The van der Waals surface area contributed by atoms with Crippen LogP contribution in [0, 0.1) is 0 Å². The maximum absolute atomic E-state index is 8.82. The molecule has 0 aliphatic carbocycles. The fourth-order valence-electron chi connectivity index (χ4n) is 1.29. The van der Waals surface area contributed by atoms with Crippen LogP contribution in [-0.2, 0) is 6.42 Å². The van der Waals surface area contributed by atoms with Gasteiger partial charge >= 0.3 is 0 Å². The zero-order chi connectivity index (χ0) is 10.6. The van der Waals surface area contributed by atoms with E-state index in [1.165, 1.54) is 0 Å². The Kier molecular flexibility index (Phi) is 4.31. The number of rotatable bonds is 4. The quantitative estimate of drug-likeness (QED) is 0.467. The zero-order valence-corrected chi connectivity index (χ0v) is 9.46. The number of thiol groups is 2. The van der Waals surface area contributed by atoms with Crippen LogP contribution >= 0.6 is 25.3 Å². The summed E-state index contributed by atoms with van der Waals surface area (Å²) in [7, 11) is 0. The van der Waals surface area contributed by atoms with Crippen molar-refractivity contribution in [3.63, 3.8) is 0 Å². The summed E-state index contributed by atoms with van der Waals surface area (Å²) in [6.07, 6.45) is -0.639. The summed E-state index contributed by atoms with van der Waals surface area (Å²) in [5, 5.41) is 17.6. The van der Waals surface area contributed by atoms with E-state index >= 15 is 0 Å². The van der Waals surface area contributed by atoms with Crippen molar-refractivity contribution in [2.75, 3.05) is 0 Å². The Morgan fingerprint density at radius 2 is 1.71 bits per heavy atom. The summed E-state index contributed by atoms with van der Waals surface area (Å²) in [5.41, 5.74) is 1.08. The Morgan fingerprint density at radius 1 is 1.14 bits per heavy atom. The molecule has 0 bridgehead atoms. The molecule has 0 aliphatic rings. The fourth-order valence-corrected chi connectivity index (χ4v) is 1.98. The smallest absolute Gasteiger partial charge is 0.153 e. The number of hydrogen-bond acceptors (Lipinski definition) is 4. The minimum Gasteiger partial charge on any atom is -0.368 e. The van der Waals surface area contributed by atoms with Gasteiger partial charge in [-0.2, -0.15) is 25.3 Å². The molecule has 1 aromatic carbocycles. The van der Waals surface area contributed by atoms with Gasteiger partial charge in [0, 0.05) is 6.42 Å². The van der Waals surface area contributed by atoms with Gasteiger partial charge in [-0.25, -0.2) is 0 Å². The van der Waals surface area contributed by atoms with Crippen LogP contribution < -0.4 is 0 Å². The van der Waals surface area contributed by atoms with Crippen molar-refractivity contribution in [1.82, 2.24) is 0 Å². The van der Waals surface area contributed by atoms with Gasteiger partial charge in [0.05, 0.1) is 4.08 Å². The van der Waals surface area contributed by atoms with Gasteiger partial charge < -0.3 is 10.2 Å². The molecule has 0 aromatic heterocycles. The van der Waals surface area contributed by atoms with Crippen LogP contribution in [0.5, 0.6) is 0 Å². The normalized spacial score (nSPS) is 12.1. The molecule has 2 N–H and O–H groups in total. The summed E-state index contributed by atoms with van der Waals surface area (Å²) in [6, 6.07) is 9.73. The van der Waals surface area contributed by atoms with Crippen LogP contribution in [0.3, 0.4) is 0 Å². The predicted molar refractivity (Wildman–Crippen MR) is 63.7 cm³/mol. The van der Waals surface area contributed by atoms with E-state index in [-0.39, 0.29) is 6.42 Å². The molecule has 14 heavy (non-hydrogen) atoms. The van der Waals surface area contributed by atoms with Crippen LogP contribution in [-0.4, -0.2) is 20.6 Å². The summed E-state index contributed by atoms with van der Waals surface area (Å²) in [4.78, 5) is 0. The topological polar surface area (TPSA) is 40.5 Å². The van der Waals surface area contributed by atoms with Crippen molar-refractivity contribution in [1.29, 1.82) is 0 Å². The van der Waals surface area contributed by atoms with Crippen molar-refractivity contribution >= 4 is 25.3 Å². The molecular formula is C10H14O2S2. The van der Waals surface area contributed by atoms with Gasteiger partial charge in [-0.1, -0.05) is 30.3 Å². The minimum absolute atomic E-state index is 0.133. The molecule has 0 amide bonds. The minimum atomic E-state index is -1.37. The van der Waals surface area contributed by atoms with Gasteiger partial charge in [0.15, 0.2) is 6.29 Å². The third-order valence-corrected chi connectivity index (χ3v) is 2.52. The lowest BCUT2D eigenvalue weighted by molar-refractivity contribution is -0.0465. The van der Waals surface area contributed by atoms with E-state index in [2.05, 4.69) is 25.3 Å². The first-order valence-corrected chi connectivity index (χ1v) is 5.24. The number of benzene rings is 1. The first kappa shape index (κ1) is 11.9. The SMILES string of the molecule is OC(O)CC(S)(S)Cc1ccccc1. The Bertz CT molecular complexity index is 273. The van der Waals surface area contributed by atoms with E-state index in [9.17, 15) is 0 Å². The largest absolute Gasteiger partial charge is 0.368 e. The third kappa shape index (κ3) is 4.37. The Balaban J connectivity index is 2.59. The Labute approximate surface area is 94.8 Å². The molecule has 0 saturated heterocycles. The van der Waals surface area contributed by atoms with Gasteiger partial charge in [0.1, 0.15) is 0 Å². The van der Waals surface area contributed by atoms with Gasteiger partial charge in [0.25, 0.3) is 0 Å². The van der Waals surface area contributed by atoms with Crippen LogP contribution in [0.4, 0.5) is 0 Å². The van der Waals surface area contributed by atoms with Crippen molar-refractivity contribution in [3.8, 4) is 0 Å². The first-order valence-electron chi connectivity index (χ1n) is 4.34. The average Bonchev–Trinajstić information content (AvgIpc) is 2.02. The van der Waals surface area contributed by atoms with E-state index in [1.54, 1.807) is 0 Å². The fraction of sp³-hybridized carbons (Fsp3) is 0.400. The molecule has 0 fully saturated rings. The highest BCUT2D eigenvalue weighted by Gasteiger charge is 2.23. The average molecular weight is 230 g/mol. The van der Waals surface area contributed by atoms with Gasteiger partial charge in [-0.3, -0.25) is 0 Å². The number of aliphatic hydroxyl groups is 2.